The Labute approximate surface area is 70.1 Å². The molecule has 66 valence electrons. The van der Waals surface area contributed by atoms with E-state index in [2.05, 4.69) is 4.98 Å². The number of hydrogen-bond donors (Lipinski definition) is 1. The van der Waals surface area contributed by atoms with Gasteiger partial charge in [-0.3, -0.25) is 4.79 Å². The fourth-order valence-corrected chi connectivity index (χ4v) is 0.793. The smallest absolute Gasteiger partial charge is 0.228 e. The van der Waals surface area contributed by atoms with Crippen LogP contribution in [-0.2, 0) is 4.74 Å². The van der Waals surface area contributed by atoms with Crippen LogP contribution >= 0.6 is 0 Å². The first kappa shape index (κ1) is 8.73. The molecule has 2 N–H and O–H groups in total. The monoisotopic (exact) mass is 169 g/mol. The molecule has 0 radical (unpaired) electrons. The van der Waals surface area contributed by atoms with Gasteiger partial charge in [-0.15, -0.1) is 0 Å². The highest BCUT2D eigenvalue weighted by atomic mass is 16.5. The van der Waals surface area contributed by atoms with E-state index in [1.165, 1.54) is 24.2 Å². The first-order valence-electron chi connectivity index (χ1n) is 3.52. The van der Waals surface area contributed by atoms with E-state index in [0.717, 1.165) is 0 Å². The van der Waals surface area contributed by atoms with E-state index < -0.39 is 6.10 Å². The van der Waals surface area contributed by atoms with E-state index >= 15 is 0 Å². The second-order valence-corrected chi connectivity index (χ2v) is 2.40. The van der Waals surface area contributed by atoms with Crippen molar-refractivity contribution in [3.05, 3.63) is 18.2 Å². The van der Waals surface area contributed by atoms with E-state index in [9.17, 15) is 4.79 Å². The maximum atomic E-state index is 11.4. The summed E-state index contributed by atoms with van der Waals surface area (Å²) in [5, 5.41) is 0. The lowest BCUT2D eigenvalue weighted by atomic mass is 10.2. The molecule has 5 nitrogen and oxygen atoms in total. The molecule has 5 heteroatoms. The molecule has 0 aliphatic rings. The minimum atomic E-state index is -0.505. The van der Waals surface area contributed by atoms with Gasteiger partial charge in [-0.05, 0) is 6.92 Å². The topological polar surface area (TPSA) is 70.1 Å². The van der Waals surface area contributed by atoms with Crippen LogP contribution in [0, 0.1) is 0 Å². The van der Waals surface area contributed by atoms with E-state index in [-0.39, 0.29) is 11.6 Å². The van der Waals surface area contributed by atoms with E-state index in [1.54, 1.807) is 6.92 Å². The van der Waals surface area contributed by atoms with E-state index in [1.807, 2.05) is 0 Å². The molecule has 1 unspecified atom stereocenters. The SMILES string of the molecule is COC(C)C(=O)c1nccn1N. The van der Waals surface area contributed by atoms with Crippen molar-refractivity contribution >= 4 is 5.78 Å². The molecule has 1 heterocycles. The van der Waals surface area contributed by atoms with Crippen molar-refractivity contribution in [2.24, 2.45) is 0 Å². The molecule has 1 atom stereocenters. The summed E-state index contributed by atoms with van der Waals surface area (Å²) in [4.78, 5) is 15.2. The Hall–Kier alpha value is -1.36. The first-order chi connectivity index (χ1) is 5.66. The predicted molar refractivity (Wildman–Crippen MR) is 43.2 cm³/mol. The van der Waals surface area contributed by atoms with Crippen molar-refractivity contribution in [2.45, 2.75) is 13.0 Å². The minimum absolute atomic E-state index is 0.212. The molecule has 0 fully saturated rings. The van der Waals surface area contributed by atoms with Gasteiger partial charge < -0.3 is 10.6 Å². The molecular formula is C7H11N3O2. The van der Waals surface area contributed by atoms with Crippen LogP contribution in [-0.4, -0.2) is 28.7 Å². The van der Waals surface area contributed by atoms with Crippen molar-refractivity contribution in [2.75, 3.05) is 13.0 Å². The number of nitrogens with two attached hydrogens (primary N) is 1. The molecule has 0 aromatic carbocycles. The van der Waals surface area contributed by atoms with Crippen molar-refractivity contribution in [3.8, 4) is 0 Å². The van der Waals surface area contributed by atoms with Crippen LogP contribution in [0.25, 0.3) is 0 Å². The quantitative estimate of drug-likeness (QED) is 0.503. The fraction of sp³-hybridized carbons (Fsp3) is 0.429. The molecule has 0 aliphatic carbocycles. The third-order valence-electron chi connectivity index (χ3n) is 1.61. The number of methoxy groups -OCH3 is 1. The number of ketones is 1. The molecule has 0 saturated heterocycles. The van der Waals surface area contributed by atoms with Crippen LogP contribution in [0.2, 0.25) is 0 Å². The van der Waals surface area contributed by atoms with Crippen molar-refractivity contribution in [1.29, 1.82) is 0 Å². The normalized spacial score (nSPS) is 12.8. The van der Waals surface area contributed by atoms with Crippen molar-refractivity contribution in [1.82, 2.24) is 9.66 Å². The van der Waals surface area contributed by atoms with E-state index in [4.69, 9.17) is 10.6 Å². The van der Waals surface area contributed by atoms with Gasteiger partial charge in [0.2, 0.25) is 5.78 Å². The van der Waals surface area contributed by atoms with Crippen LogP contribution in [0.15, 0.2) is 12.4 Å². The summed E-state index contributed by atoms with van der Waals surface area (Å²) in [5.41, 5.74) is 0. The molecule has 0 bridgehead atoms. The van der Waals surface area contributed by atoms with Gasteiger partial charge in [0.15, 0.2) is 5.82 Å². The molecule has 1 aromatic rings. The standard InChI is InChI=1S/C7H11N3O2/c1-5(12-2)6(11)7-9-3-4-10(7)8/h3-5H,8H2,1-2H3. The molecule has 0 aliphatic heterocycles. The van der Waals surface area contributed by atoms with Gasteiger partial charge >= 0.3 is 0 Å². The van der Waals surface area contributed by atoms with Gasteiger partial charge in [-0.2, -0.15) is 0 Å². The highest BCUT2D eigenvalue weighted by Gasteiger charge is 2.18. The number of rotatable bonds is 3. The van der Waals surface area contributed by atoms with Gasteiger partial charge in [-0.25, -0.2) is 9.66 Å². The summed E-state index contributed by atoms with van der Waals surface area (Å²) < 4.78 is 6.01. The van der Waals surface area contributed by atoms with Crippen molar-refractivity contribution in [3.63, 3.8) is 0 Å². The third-order valence-corrected chi connectivity index (χ3v) is 1.61. The maximum Gasteiger partial charge on any atom is 0.228 e. The number of aromatic nitrogens is 2. The zero-order valence-electron chi connectivity index (χ0n) is 7.02. The van der Waals surface area contributed by atoms with Crippen molar-refractivity contribution < 1.29 is 9.53 Å². The number of nitrogens with zero attached hydrogens (tertiary/aromatic N) is 2. The number of ether oxygens (including phenoxy) is 1. The average Bonchev–Trinajstić information content (AvgIpc) is 2.48. The Kier molecular flexibility index (Phi) is 2.44. The maximum absolute atomic E-state index is 11.4. The molecule has 1 rings (SSSR count). The van der Waals surface area contributed by atoms with Crippen LogP contribution in [0.4, 0.5) is 0 Å². The number of carbonyl (C=O) groups excluding carboxylic acids is 1. The molecule has 0 saturated carbocycles. The highest BCUT2D eigenvalue weighted by molar-refractivity contribution is 5.96. The second kappa shape index (κ2) is 3.36. The number of nitrogen functional groups attached to an aromatic ring is 1. The van der Waals surface area contributed by atoms with Gasteiger partial charge in [0, 0.05) is 19.5 Å². The average molecular weight is 169 g/mol. The summed E-state index contributed by atoms with van der Waals surface area (Å²) in [6, 6.07) is 0. The van der Waals surface area contributed by atoms with Crippen LogP contribution in [0.5, 0.6) is 0 Å². The summed E-state index contributed by atoms with van der Waals surface area (Å²) >= 11 is 0. The van der Waals surface area contributed by atoms with Gasteiger partial charge in [-0.1, -0.05) is 0 Å². The largest absolute Gasteiger partial charge is 0.373 e. The highest BCUT2D eigenvalue weighted by Crippen LogP contribution is 2.00. The Morgan fingerprint density at radius 2 is 2.50 bits per heavy atom. The minimum Gasteiger partial charge on any atom is -0.373 e. The molecule has 12 heavy (non-hydrogen) atoms. The molecule has 1 aromatic heterocycles. The number of hydrogen-bond acceptors (Lipinski definition) is 4. The molecular weight excluding hydrogens is 158 g/mol. The van der Waals surface area contributed by atoms with Crippen LogP contribution in [0.1, 0.15) is 17.5 Å². The Balaban J connectivity index is 2.85. The second-order valence-electron chi connectivity index (χ2n) is 2.40. The number of imidazole rings is 1. The summed E-state index contributed by atoms with van der Waals surface area (Å²) in [6.45, 7) is 1.65. The summed E-state index contributed by atoms with van der Waals surface area (Å²) in [5.74, 6) is 5.41. The lowest BCUT2D eigenvalue weighted by Gasteiger charge is -2.06. The zero-order chi connectivity index (χ0) is 9.14. The Morgan fingerprint density at radius 1 is 1.83 bits per heavy atom. The van der Waals surface area contributed by atoms with Gasteiger partial charge in [0.05, 0.1) is 0 Å². The fourth-order valence-electron chi connectivity index (χ4n) is 0.793. The predicted octanol–water partition coefficient (Wildman–Crippen LogP) is -0.185. The lowest BCUT2D eigenvalue weighted by Crippen LogP contribution is -2.25. The number of carbonyl (C=O) groups is 1. The Bertz CT molecular complexity index is 282. The van der Waals surface area contributed by atoms with Crippen LogP contribution in [0.3, 0.4) is 0 Å². The molecule has 0 amide bonds. The lowest BCUT2D eigenvalue weighted by molar-refractivity contribution is 0.0642. The zero-order valence-corrected chi connectivity index (χ0v) is 7.02. The first-order valence-corrected chi connectivity index (χ1v) is 3.52. The van der Waals surface area contributed by atoms with Gasteiger partial charge in [0.1, 0.15) is 6.10 Å². The number of Topliss-reactive ketones (excluding diaryl/α,β-unsaturated/α-hetero) is 1. The summed E-state index contributed by atoms with van der Waals surface area (Å²) in [6.07, 6.45) is 2.47. The summed E-state index contributed by atoms with van der Waals surface area (Å²) in [7, 11) is 1.46. The third kappa shape index (κ3) is 1.45. The van der Waals surface area contributed by atoms with Gasteiger partial charge in [0.25, 0.3) is 0 Å². The van der Waals surface area contributed by atoms with Crippen LogP contribution < -0.4 is 5.84 Å². The van der Waals surface area contributed by atoms with E-state index in [0.29, 0.717) is 0 Å². The Morgan fingerprint density at radius 3 is 2.92 bits per heavy atom. The molecule has 0 spiro atoms.